The maximum Gasteiger partial charge on any atom is 0.397 e. The summed E-state index contributed by atoms with van der Waals surface area (Å²) >= 11 is 0. The largest absolute Gasteiger partial charge is 0.397 e. The molecule has 7 unspecified atom stereocenters. The predicted octanol–water partition coefficient (Wildman–Crippen LogP) is 17.5. The number of unbranched alkanes of at least 4 members (excludes halogenated alkanes) is 45. The van der Waals surface area contributed by atoms with Crippen LogP contribution in [0.5, 0.6) is 0 Å². The van der Waals surface area contributed by atoms with Crippen LogP contribution in [0.1, 0.15) is 341 Å². The van der Waals surface area contributed by atoms with E-state index in [1.54, 1.807) is 0 Å². The van der Waals surface area contributed by atoms with E-state index >= 15 is 0 Å². The molecule has 0 radical (unpaired) electrons. The van der Waals surface area contributed by atoms with E-state index in [2.05, 4.69) is 47.7 Å². The van der Waals surface area contributed by atoms with Gasteiger partial charge < -0.3 is 35.2 Å². The molecule has 12 nitrogen and oxygen atoms in total. The zero-order valence-corrected chi connectivity index (χ0v) is 52.7. The van der Waals surface area contributed by atoms with Gasteiger partial charge in [0.2, 0.25) is 5.91 Å². The number of hydrogen-bond donors (Lipinski definition) is 6. The molecule has 0 aliphatic carbocycles. The van der Waals surface area contributed by atoms with Gasteiger partial charge in [-0.2, -0.15) is 8.42 Å². The van der Waals surface area contributed by atoms with Crippen LogP contribution in [0.2, 0.25) is 0 Å². The SMILES string of the molecule is CCCCCCCCCCCCCCCCC/C=C\C/C=C\CCCCCCCCCCCCCCCCCCCC(=O)NC(COC1OC(CO)C(O)C(OS(=O)(=O)O)C1O)C(O)CCCCCCCCCCCCCCCC. The molecule has 1 heterocycles. The molecule has 80 heavy (non-hydrogen) atoms. The molecule has 1 aliphatic rings. The molecular formula is C67H129NO11S. The highest BCUT2D eigenvalue weighted by Gasteiger charge is 2.48. The number of ether oxygens (including phenoxy) is 2. The first-order valence-electron chi connectivity index (χ1n) is 34.2. The molecule has 7 atom stereocenters. The van der Waals surface area contributed by atoms with Gasteiger partial charge in [-0.3, -0.25) is 9.35 Å². The van der Waals surface area contributed by atoms with Crippen LogP contribution in [0.4, 0.5) is 0 Å². The number of nitrogens with one attached hydrogen (secondary N) is 1. The average molecular weight is 1160 g/mol. The second kappa shape index (κ2) is 56.7. The fourth-order valence-electron chi connectivity index (χ4n) is 11.3. The van der Waals surface area contributed by atoms with Crippen LogP contribution in [0.25, 0.3) is 0 Å². The summed E-state index contributed by atoms with van der Waals surface area (Å²) in [4.78, 5) is 13.2. The van der Waals surface area contributed by atoms with Gasteiger partial charge in [0.15, 0.2) is 6.29 Å². The molecule has 0 saturated carbocycles. The Morgan fingerprint density at radius 2 is 0.838 bits per heavy atom. The minimum Gasteiger partial charge on any atom is -0.394 e. The Morgan fingerprint density at radius 3 is 1.19 bits per heavy atom. The molecule has 0 aromatic rings. The van der Waals surface area contributed by atoms with E-state index in [-0.39, 0.29) is 12.5 Å². The second-order valence-electron chi connectivity index (χ2n) is 24.1. The lowest BCUT2D eigenvalue weighted by molar-refractivity contribution is -0.298. The van der Waals surface area contributed by atoms with Gasteiger partial charge in [0, 0.05) is 6.42 Å². The third-order valence-electron chi connectivity index (χ3n) is 16.5. The molecule has 1 amide bonds. The molecule has 0 spiro atoms. The van der Waals surface area contributed by atoms with Crippen molar-refractivity contribution >= 4 is 16.3 Å². The normalized spacial score (nSPS) is 18.7. The van der Waals surface area contributed by atoms with Crippen LogP contribution in [0.15, 0.2) is 24.3 Å². The first-order chi connectivity index (χ1) is 39.0. The van der Waals surface area contributed by atoms with E-state index in [1.807, 2.05) is 0 Å². The molecule has 0 aromatic heterocycles. The Kier molecular flexibility index (Phi) is 54.3. The van der Waals surface area contributed by atoms with Crippen LogP contribution in [0, 0.1) is 0 Å². The molecule has 1 aliphatic heterocycles. The van der Waals surface area contributed by atoms with Crippen molar-refractivity contribution in [3.05, 3.63) is 24.3 Å². The fourth-order valence-corrected chi connectivity index (χ4v) is 11.8. The molecule has 474 valence electrons. The number of hydrogen-bond acceptors (Lipinski definition) is 10. The van der Waals surface area contributed by atoms with Crippen molar-refractivity contribution < 1.29 is 51.8 Å². The number of carbonyl (C=O) groups excluding carboxylic acids is 1. The highest BCUT2D eigenvalue weighted by atomic mass is 32.3. The van der Waals surface area contributed by atoms with E-state index in [9.17, 15) is 38.2 Å². The van der Waals surface area contributed by atoms with Crippen LogP contribution in [-0.2, 0) is 28.9 Å². The number of rotatable bonds is 61. The lowest BCUT2D eigenvalue weighted by Crippen LogP contribution is -2.61. The number of aliphatic hydroxyl groups is 4. The van der Waals surface area contributed by atoms with E-state index in [0.717, 1.165) is 57.8 Å². The lowest BCUT2D eigenvalue weighted by Gasteiger charge is -2.41. The van der Waals surface area contributed by atoms with Crippen molar-refractivity contribution in [2.75, 3.05) is 13.2 Å². The molecule has 13 heteroatoms. The van der Waals surface area contributed by atoms with E-state index < -0.39 is 59.9 Å². The number of allylic oxidation sites excluding steroid dienone is 4. The summed E-state index contributed by atoms with van der Waals surface area (Å²) in [5, 5.41) is 45.2. The molecule has 1 rings (SSSR count). The number of aliphatic hydroxyl groups excluding tert-OH is 4. The van der Waals surface area contributed by atoms with Crippen molar-refractivity contribution in [1.82, 2.24) is 5.32 Å². The van der Waals surface area contributed by atoms with Gasteiger partial charge in [-0.05, 0) is 44.9 Å². The van der Waals surface area contributed by atoms with Crippen molar-refractivity contribution in [2.45, 2.75) is 384 Å². The summed E-state index contributed by atoms with van der Waals surface area (Å²) in [6.45, 7) is 3.50. The van der Waals surface area contributed by atoms with Crippen LogP contribution < -0.4 is 5.32 Å². The Hall–Kier alpha value is -1.42. The molecule has 1 saturated heterocycles. The number of amides is 1. The zero-order chi connectivity index (χ0) is 58.3. The van der Waals surface area contributed by atoms with Gasteiger partial charge in [-0.1, -0.05) is 314 Å². The summed E-state index contributed by atoms with van der Waals surface area (Å²) in [6, 6.07) is -0.857. The second-order valence-corrected chi connectivity index (χ2v) is 25.2. The first kappa shape index (κ1) is 76.6. The van der Waals surface area contributed by atoms with Crippen molar-refractivity contribution in [1.29, 1.82) is 0 Å². The molecule has 6 N–H and O–H groups in total. The minimum absolute atomic E-state index is 0.225. The van der Waals surface area contributed by atoms with Crippen molar-refractivity contribution in [2.24, 2.45) is 0 Å². The first-order valence-corrected chi connectivity index (χ1v) is 35.6. The topological polar surface area (TPSA) is 192 Å². The summed E-state index contributed by atoms with van der Waals surface area (Å²) in [6.07, 6.45) is 63.8. The quantitative estimate of drug-likeness (QED) is 0.0193. The van der Waals surface area contributed by atoms with E-state index in [4.69, 9.17) is 9.47 Å². The van der Waals surface area contributed by atoms with Crippen LogP contribution in [0.3, 0.4) is 0 Å². The Bertz CT molecular complexity index is 1500. The van der Waals surface area contributed by atoms with Gasteiger partial charge in [-0.15, -0.1) is 0 Å². The Balaban J connectivity index is 2.13. The smallest absolute Gasteiger partial charge is 0.394 e. The average Bonchev–Trinajstić information content (AvgIpc) is 3.47. The minimum atomic E-state index is -5.08. The summed E-state index contributed by atoms with van der Waals surface area (Å²) < 4.78 is 48.0. The fraction of sp³-hybridized carbons (Fsp3) is 0.925. The summed E-state index contributed by atoms with van der Waals surface area (Å²) in [5.41, 5.74) is 0. The highest BCUT2D eigenvalue weighted by Crippen LogP contribution is 2.27. The van der Waals surface area contributed by atoms with Crippen LogP contribution >= 0.6 is 0 Å². The molecule has 0 aromatic carbocycles. The Morgan fingerprint density at radius 1 is 0.500 bits per heavy atom. The molecule has 1 fully saturated rings. The number of carbonyl (C=O) groups is 1. The van der Waals surface area contributed by atoms with Gasteiger partial charge in [0.05, 0.1) is 25.4 Å². The summed E-state index contributed by atoms with van der Waals surface area (Å²) in [7, 11) is -5.08. The van der Waals surface area contributed by atoms with Gasteiger partial charge >= 0.3 is 10.4 Å². The maximum atomic E-state index is 13.2. The predicted molar refractivity (Wildman–Crippen MR) is 333 cm³/mol. The van der Waals surface area contributed by atoms with Gasteiger partial charge in [0.25, 0.3) is 0 Å². The third-order valence-corrected chi connectivity index (χ3v) is 17.0. The van der Waals surface area contributed by atoms with Crippen molar-refractivity contribution in [3.63, 3.8) is 0 Å². The highest BCUT2D eigenvalue weighted by molar-refractivity contribution is 7.80. The standard InChI is InChI=1S/C67H129NO11S/c1-3-5-7-9-11-13-15-17-19-20-21-22-23-24-25-26-27-28-29-30-31-32-33-34-35-36-37-38-39-40-41-42-43-45-47-49-51-53-55-57-63(71)68-60(59-77-67-65(73)66(79-80(74,75)76)64(72)62(58-69)78-67)61(70)56-54-52-50-48-46-44-18-16-14-12-10-8-6-4-2/h27-28,30-31,60-62,64-67,69-70,72-73H,3-26,29,32-59H2,1-2H3,(H,68,71)(H,74,75,76)/b28-27-,31-30-. The zero-order valence-electron chi connectivity index (χ0n) is 51.9. The monoisotopic (exact) mass is 1160 g/mol. The third kappa shape index (κ3) is 47.9. The van der Waals surface area contributed by atoms with E-state index in [1.165, 1.54) is 257 Å². The maximum absolute atomic E-state index is 13.2. The molecular weight excluding hydrogens is 1030 g/mol. The van der Waals surface area contributed by atoms with Crippen molar-refractivity contribution in [3.8, 4) is 0 Å². The van der Waals surface area contributed by atoms with Crippen LogP contribution in [-0.4, -0.2) is 95.4 Å². The molecule has 0 bridgehead atoms. The van der Waals surface area contributed by atoms with Gasteiger partial charge in [0.1, 0.15) is 24.4 Å². The van der Waals surface area contributed by atoms with Gasteiger partial charge in [-0.25, -0.2) is 4.18 Å². The lowest BCUT2D eigenvalue weighted by atomic mass is 9.99. The van der Waals surface area contributed by atoms with E-state index in [0.29, 0.717) is 12.8 Å². The summed E-state index contributed by atoms with van der Waals surface area (Å²) in [5.74, 6) is -0.225. The Labute approximate surface area is 493 Å².